The number of nitrogens with one attached hydrogen (secondary N) is 1. The van der Waals surface area contributed by atoms with E-state index in [2.05, 4.69) is 21.8 Å². The van der Waals surface area contributed by atoms with E-state index in [-0.39, 0.29) is 11.9 Å². The van der Waals surface area contributed by atoms with E-state index in [1.807, 2.05) is 0 Å². The summed E-state index contributed by atoms with van der Waals surface area (Å²) in [5.74, 6) is -0.0678. The number of carbonyl (C=O) groups is 1. The van der Waals surface area contributed by atoms with E-state index in [0.717, 1.165) is 30.1 Å². The van der Waals surface area contributed by atoms with Crippen molar-refractivity contribution in [2.45, 2.75) is 25.8 Å². The molecule has 1 aliphatic rings. The third kappa shape index (κ3) is 2.32. The summed E-state index contributed by atoms with van der Waals surface area (Å²) in [7, 11) is 0. The highest BCUT2D eigenvalue weighted by molar-refractivity contribution is 7.08. The second-order valence-electron chi connectivity index (χ2n) is 3.51. The Balaban J connectivity index is 2.00. The van der Waals surface area contributed by atoms with Crippen LogP contribution in [0.25, 0.3) is 0 Å². The zero-order valence-electron chi connectivity index (χ0n) is 8.52. The number of ether oxygens (including phenoxy) is 1. The van der Waals surface area contributed by atoms with E-state index in [1.165, 1.54) is 0 Å². The number of nitrogens with zero attached hydrogens (tertiary/aromatic N) is 2. The largest absolute Gasteiger partial charge is 0.377 e. The molecular weight excluding hydrogens is 214 g/mol. The maximum atomic E-state index is 11.8. The normalized spacial score (nSPS) is 16.1. The van der Waals surface area contributed by atoms with Gasteiger partial charge in [-0.05, 0) is 18.0 Å². The summed E-state index contributed by atoms with van der Waals surface area (Å²) in [5.41, 5.74) is 0.806. The molecule has 1 saturated heterocycles. The molecule has 1 aliphatic heterocycles. The van der Waals surface area contributed by atoms with Crippen molar-refractivity contribution in [1.82, 2.24) is 14.9 Å². The van der Waals surface area contributed by atoms with E-state index >= 15 is 0 Å². The van der Waals surface area contributed by atoms with Gasteiger partial charge in [-0.25, -0.2) is 0 Å². The van der Waals surface area contributed by atoms with Crippen LogP contribution in [0.5, 0.6) is 0 Å². The Morgan fingerprint density at radius 2 is 2.47 bits per heavy atom. The van der Waals surface area contributed by atoms with Crippen LogP contribution in [-0.4, -0.2) is 34.7 Å². The van der Waals surface area contributed by atoms with Crippen molar-refractivity contribution < 1.29 is 9.53 Å². The predicted molar refractivity (Wildman–Crippen MR) is 56.0 cm³/mol. The lowest BCUT2D eigenvalue weighted by molar-refractivity contribution is -0.00340. The molecule has 1 fully saturated rings. The van der Waals surface area contributed by atoms with E-state index in [1.54, 1.807) is 0 Å². The average Bonchev–Trinajstić information content (AvgIpc) is 2.60. The number of rotatable bonds is 4. The average molecular weight is 227 g/mol. The molecule has 0 atom stereocenters. The lowest BCUT2D eigenvalue weighted by atomic mass is 10.2. The Morgan fingerprint density at radius 3 is 3.07 bits per heavy atom. The second-order valence-corrected chi connectivity index (χ2v) is 4.26. The Kier molecular flexibility index (Phi) is 3.27. The van der Waals surface area contributed by atoms with Crippen LogP contribution < -0.4 is 5.32 Å². The molecule has 0 saturated carbocycles. The first kappa shape index (κ1) is 10.5. The SMILES string of the molecule is CCCc1nnsc1C(=O)NC1COC1. The summed E-state index contributed by atoms with van der Waals surface area (Å²) in [5, 5.41) is 6.84. The Hall–Kier alpha value is -1.01. The Labute approximate surface area is 92.0 Å². The van der Waals surface area contributed by atoms with Gasteiger partial charge in [-0.2, -0.15) is 0 Å². The summed E-state index contributed by atoms with van der Waals surface area (Å²) < 4.78 is 8.80. The quantitative estimate of drug-likeness (QED) is 0.819. The first-order chi connectivity index (χ1) is 7.31. The summed E-state index contributed by atoms with van der Waals surface area (Å²) in [4.78, 5) is 12.4. The van der Waals surface area contributed by atoms with Gasteiger partial charge in [0.15, 0.2) is 0 Å². The van der Waals surface area contributed by atoms with Gasteiger partial charge in [0.2, 0.25) is 0 Å². The van der Waals surface area contributed by atoms with Gasteiger partial charge in [-0.15, -0.1) is 5.10 Å². The van der Waals surface area contributed by atoms with E-state index in [0.29, 0.717) is 18.1 Å². The molecule has 1 aromatic heterocycles. The molecule has 0 bridgehead atoms. The Bertz CT molecular complexity index is 349. The van der Waals surface area contributed by atoms with Crippen LogP contribution in [0.4, 0.5) is 0 Å². The first-order valence-corrected chi connectivity index (χ1v) is 5.78. The fraction of sp³-hybridized carbons (Fsp3) is 0.667. The number of aromatic nitrogens is 2. The first-order valence-electron chi connectivity index (χ1n) is 5.01. The molecule has 1 N–H and O–H groups in total. The summed E-state index contributed by atoms with van der Waals surface area (Å²) in [6, 6.07) is 0.161. The van der Waals surface area contributed by atoms with Gasteiger partial charge in [0, 0.05) is 0 Å². The third-order valence-electron chi connectivity index (χ3n) is 2.22. The summed E-state index contributed by atoms with van der Waals surface area (Å²) in [6.07, 6.45) is 1.78. The van der Waals surface area contributed by atoms with E-state index in [9.17, 15) is 4.79 Å². The maximum absolute atomic E-state index is 11.8. The van der Waals surface area contributed by atoms with Crippen LogP contribution in [0.1, 0.15) is 28.7 Å². The molecule has 1 amide bonds. The van der Waals surface area contributed by atoms with Crippen LogP contribution in [0.15, 0.2) is 0 Å². The highest BCUT2D eigenvalue weighted by Gasteiger charge is 2.23. The number of hydrogen-bond acceptors (Lipinski definition) is 5. The highest BCUT2D eigenvalue weighted by atomic mass is 32.1. The molecule has 2 rings (SSSR count). The minimum atomic E-state index is -0.0678. The van der Waals surface area contributed by atoms with Crippen molar-refractivity contribution in [3.63, 3.8) is 0 Å². The molecule has 15 heavy (non-hydrogen) atoms. The van der Waals surface area contributed by atoms with Crippen molar-refractivity contribution in [2.24, 2.45) is 0 Å². The lowest BCUT2D eigenvalue weighted by Crippen LogP contribution is -2.48. The molecule has 82 valence electrons. The number of carbonyl (C=O) groups excluding carboxylic acids is 1. The zero-order valence-corrected chi connectivity index (χ0v) is 9.34. The van der Waals surface area contributed by atoms with Crippen LogP contribution in [0.3, 0.4) is 0 Å². The van der Waals surface area contributed by atoms with E-state index < -0.39 is 0 Å². The van der Waals surface area contributed by atoms with E-state index in [4.69, 9.17) is 4.74 Å². The molecule has 0 aliphatic carbocycles. The smallest absolute Gasteiger partial charge is 0.265 e. The minimum absolute atomic E-state index is 0.0678. The van der Waals surface area contributed by atoms with Crippen molar-refractivity contribution >= 4 is 17.4 Å². The molecular formula is C9H13N3O2S. The molecule has 0 aromatic carbocycles. The third-order valence-corrected chi connectivity index (χ3v) is 2.99. The molecule has 2 heterocycles. The highest BCUT2D eigenvalue weighted by Crippen LogP contribution is 2.13. The van der Waals surface area contributed by atoms with Gasteiger partial charge in [0.1, 0.15) is 4.88 Å². The van der Waals surface area contributed by atoms with Gasteiger partial charge < -0.3 is 10.1 Å². The monoisotopic (exact) mass is 227 g/mol. The molecule has 6 heteroatoms. The molecule has 0 spiro atoms. The van der Waals surface area contributed by atoms with Gasteiger partial charge in [0.05, 0.1) is 24.9 Å². The molecule has 1 aromatic rings. The lowest BCUT2D eigenvalue weighted by Gasteiger charge is -2.26. The standard InChI is InChI=1S/C9H13N3O2S/c1-2-3-7-8(15-12-11-7)9(13)10-6-4-14-5-6/h6H,2-5H2,1H3,(H,10,13). The number of aryl methyl sites for hydroxylation is 1. The van der Waals surface area contributed by atoms with Crippen LogP contribution in [-0.2, 0) is 11.2 Å². The van der Waals surface area contributed by atoms with Crippen LogP contribution in [0, 0.1) is 0 Å². The van der Waals surface area contributed by atoms with Crippen LogP contribution in [0.2, 0.25) is 0 Å². The van der Waals surface area contributed by atoms with Gasteiger partial charge in [-0.1, -0.05) is 17.8 Å². The minimum Gasteiger partial charge on any atom is -0.377 e. The van der Waals surface area contributed by atoms with Gasteiger partial charge in [0.25, 0.3) is 5.91 Å². The maximum Gasteiger partial charge on any atom is 0.265 e. The predicted octanol–water partition coefficient (Wildman–Crippen LogP) is 0.619. The Morgan fingerprint density at radius 1 is 1.67 bits per heavy atom. The van der Waals surface area contributed by atoms with Gasteiger partial charge in [-0.3, -0.25) is 4.79 Å². The molecule has 0 unspecified atom stereocenters. The topological polar surface area (TPSA) is 64.1 Å². The molecule has 0 radical (unpaired) electrons. The fourth-order valence-corrected chi connectivity index (χ4v) is 1.96. The summed E-state index contributed by atoms with van der Waals surface area (Å²) >= 11 is 1.16. The van der Waals surface area contributed by atoms with Crippen LogP contribution >= 0.6 is 11.5 Å². The molecule has 5 nitrogen and oxygen atoms in total. The number of hydrogen-bond donors (Lipinski definition) is 1. The second kappa shape index (κ2) is 4.67. The van der Waals surface area contributed by atoms with Crippen molar-refractivity contribution in [3.8, 4) is 0 Å². The number of amides is 1. The van der Waals surface area contributed by atoms with Crippen molar-refractivity contribution in [1.29, 1.82) is 0 Å². The van der Waals surface area contributed by atoms with Gasteiger partial charge >= 0.3 is 0 Å². The summed E-state index contributed by atoms with van der Waals surface area (Å²) in [6.45, 7) is 3.28. The van der Waals surface area contributed by atoms with Crippen molar-refractivity contribution in [2.75, 3.05) is 13.2 Å². The fourth-order valence-electron chi connectivity index (χ4n) is 1.35. The van der Waals surface area contributed by atoms with Crippen molar-refractivity contribution in [3.05, 3.63) is 10.6 Å². The zero-order chi connectivity index (χ0) is 10.7.